The van der Waals surface area contributed by atoms with E-state index in [9.17, 15) is 8.78 Å². The number of fused-ring (bicyclic) bond motifs is 1. The van der Waals surface area contributed by atoms with Gasteiger partial charge in [0, 0.05) is 18.2 Å². The molecule has 2 N–H and O–H groups in total. The molecule has 2 heterocycles. The van der Waals surface area contributed by atoms with Gasteiger partial charge in [-0.2, -0.15) is 0 Å². The Morgan fingerprint density at radius 3 is 2.65 bits per heavy atom. The summed E-state index contributed by atoms with van der Waals surface area (Å²) in [4.78, 5) is 9.12. The van der Waals surface area contributed by atoms with E-state index >= 15 is 0 Å². The molecule has 0 aliphatic heterocycles. The Labute approximate surface area is 116 Å². The van der Waals surface area contributed by atoms with Crippen LogP contribution in [0.1, 0.15) is 5.82 Å². The zero-order chi connectivity index (χ0) is 14.1. The van der Waals surface area contributed by atoms with Crippen LogP contribution in [-0.2, 0) is 6.61 Å². The van der Waals surface area contributed by atoms with Crippen molar-refractivity contribution >= 4 is 27.4 Å². The number of nitrogens with zero attached hydrogens (tertiary/aromatic N) is 2. The fourth-order valence-corrected chi connectivity index (χ4v) is 2.54. The van der Waals surface area contributed by atoms with Gasteiger partial charge in [-0.1, -0.05) is 0 Å². The number of halogens is 2. The third-order valence-electron chi connectivity index (χ3n) is 2.60. The Morgan fingerprint density at radius 1 is 1.15 bits per heavy atom. The number of thiophene rings is 1. The fourth-order valence-electron chi connectivity index (χ4n) is 1.75. The van der Waals surface area contributed by atoms with Crippen LogP contribution in [0.3, 0.4) is 0 Å². The number of benzene rings is 1. The molecule has 0 fully saturated rings. The average molecular weight is 293 g/mol. The third-order valence-corrected chi connectivity index (χ3v) is 3.41. The number of ether oxygens (including phenoxy) is 1. The Kier molecular flexibility index (Phi) is 3.19. The normalized spacial score (nSPS) is 10.9. The van der Waals surface area contributed by atoms with Crippen molar-refractivity contribution < 1.29 is 13.5 Å². The van der Waals surface area contributed by atoms with Gasteiger partial charge >= 0.3 is 0 Å². The molecule has 7 heteroatoms. The number of rotatable bonds is 3. The first-order valence-electron chi connectivity index (χ1n) is 5.70. The molecule has 0 amide bonds. The van der Waals surface area contributed by atoms with Crippen LogP contribution in [0.15, 0.2) is 29.6 Å². The first-order chi connectivity index (χ1) is 9.61. The van der Waals surface area contributed by atoms with Gasteiger partial charge in [-0.15, -0.1) is 11.3 Å². The van der Waals surface area contributed by atoms with Crippen LogP contribution in [0.5, 0.6) is 5.75 Å². The van der Waals surface area contributed by atoms with Crippen LogP contribution in [0.2, 0.25) is 0 Å². The molecule has 0 saturated carbocycles. The fraction of sp³-hybridized carbons (Fsp3) is 0.0769. The summed E-state index contributed by atoms with van der Waals surface area (Å²) in [6.07, 6.45) is 0. The zero-order valence-electron chi connectivity index (χ0n) is 10.1. The molecule has 0 spiro atoms. The van der Waals surface area contributed by atoms with Crippen molar-refractivity contribution in [3.63, 3.8) is 0 Å². The molecule has 0 aliphatic rings. The van der Waals surface area contributed by atoms with E-state index in [1.807, 2.05) is 11.4 Å². The molecule has 3 aromatic rings. The average Bonchev–Trinajstić information content (AvgIpc) is 2.84. The van der Waals surface area contributed by atoms with Crippen LogP contribution >= 0.6 is 11.3 Å². The summed E-state index contributed by atoms with van der Waals surface area (Å²) >= 11 is 1.44. The first kappa shape index (κ1) is 12.7. The Hall–Kier alpha value is -2.28. The minimum Gasteiger partial charge on any atom is -0.485 e. The predicted octanol–water partition coefficient (Wildman–Crippen LogP) is 3.13. The van der Waals surface area contributed by atoms with Crippen LogP contribution in [0, 0.1) is 11.6 Å². The number of nitrogen functional groups attached to an aromatic ring is 1. The SMILES string of the molecule is Nc1nc(COc2cc(F)cc(F)c2)nc2sccc12. The molecular formula is C13H9F2N3OS. The van der Waals surface area contributed by atoms with E-state index in [0.717, 1.165) is 28.4 Å². The summed E-state index contributed by atoms with van der Waals surface area (Å²) in [7, 11) is 0. The zero-order valence-corrected chi connectivity index (χ0v) is 11.0. The van der Waals surface area contributed by atoms with Crippen molar-refractivity contribution in [2.45, 2.75) is 6.61 Å². The Bertz CT molecular complexity index is 755. The van der Waals surface area contributed by atoms with Crippen molar-refractivity contribution in [2.75, 3.05) is 5.73 Å². The van der Waals surface area contributed by atoms with E-state index in [1.165, 1.54) is 11.3 Å². The lowest BCUT2D eigenvalue weighted by Gasteiger charge is -2.06. The molecule has 0 saturated heterocycles. The van der Waals surface area contributed by atoms with Crippen LogP contribution < -0.4 is 10.5 Å². The summed E-state index contributed by atoms with van der Waals surface area (Å²) in [5.74, 6) is -0.596. The predicted molar refractivity (Wildman–Crippen MR) is 72.5 cm³/mol. The molecule has 0 unspecified atom stereocenters. The molecule has 0 bridgehead atoms. The highest BCUT2D eigenvalue weighted by molar-refractivity contribution is 7.16. The van der Waals surface area contributed by atoms with E-state index in [1.54, 1.807) is 0 Å². The van der Waals surface area contributed by atoms with E-state index < -0.39 is 11.6 Å². The van der Waals surface area contributed by atoms with E-state index in [-0.39, 0.29) is 12.4 Å². The van der Waals surface area contributed by atoms with Gasteiger partial charge in [0.05, 0.1) is 5.39 Å². The van der Waals surface area contributed by atoms with Crippen molar-refractivity contribution in [3.8, 4) is 5.75 Å². The summed E-state index contributed by atoms with van der Waals surface area (Å²) in [5, 5.41) is 2.65. The van der Waals surface area contributed by atoms with Crippen molar-refractivity contribution in [3.05, 3.63) is 47.1 Å². The minimum atomic E-state index is -0.700. The molecule has 0 radical (unpaired) electrons. The lowest BCUT2D eigenvalue weighted by atomic mass is 10.3. The quantitative estimate of drug-likeness (QED) is 0.806. The lowest BCUT2D eigenvalue weighted by molar-refractivity contribution is 0.293. The molecule has 20 heavy (non-hydrogen) atoms. The number of nitrogens with two attached hydrogens (primary N) is 1. The molecule has 102 valence electrons. The highest BCUT2D eigenvalue weighted by atomic mass is 32.1. The van der Waals surface area contributed by atoms with E-state index in [4.69, 9.17) is 10.5 Å². The number of aromatic nitrogens is 2. The summed E-state index contributed by atoms with van der Waals surface area (Å²) < 4.78 is 31.3. The lowest BCUT2D eigenvalue weighted by Crippen LogP contribution is -2.04. The molecular weight excluding hydrogens is 284 g/mol. The maximum absolute atomic E-state index is 13.0. The third kappa shape index (κ3) is 2.53. The molecule has 2 aromatic heterocycles. The topological polar surface area (TPSA) is 61.0 Å². The molecule has 0 aliphatic carbocycles. The van der Waals surface area contributed by atoms with E-state index in [0.29, 0.717) is 11.6 Å². The standard InChI is InChI=1S/C13H9F2N3OS/c14-7-3-8(15)5-9(4-7)19-6-11-17-12(16)10-1-2-20-13(10)18-11/h1-5H,6H2,(H2,16,17,18). The molecule has 3 rings (SSSR count). The summed E-state index contributed by atoms with van der Waals surface area (Å²) in [6.45, 7) is -0.0130. The number of hydrogen-bond acceptors (Lipinski definition) is 5. The maximum Gasteiger partial charge on any atom is 0.169 e. The summed E-state index contributed by atoms with van der Waals surface area (Å²) in [6, 6.07) is 4.80. The highest BCUT2D eigenvalue weighted by Gasteiger charge is 2.08. The second-order valence-corrected chi connectivity index (χ2v) is 4.95. The van der Waals surface area contributed by atoms with Crippen molar-refractivity contribution in [2.24, 2.45) is 0 Å². The van der Waals surface area contributed by atoms with Gasteiger partial charge in [0.25, 0.3) is 0 Å². The van der Waals surface area contributed by atoms with Crippen LogP contribution in [-0.4, -0.2) is 9.97 Å². The monoisotopic (exact) mass is 293 g/mol. The van der Waals surface area contributed by atoms with Crippen LogP contribution in [0.4, 0.5) is 14.6 Å². The largest absolute Gasteiger partial charge is 0.485 e. The molecule has 0 atom stereocenters. The van der Waals surface area contributed by atoms with E-state index in [2.05, 4.69) is 9.97 Å². The van der Waals surface area contributed by atoms with Gasteiger partial charge in [0.15, 0.2) is 5.82 Å². The first-order valence-corrected chi connectivity index (χ1v) is 6.58. The molecule has 1 aromatic carbocycles. The Balaban J connectivity index is 1.82. The Morgan fingerprint density at radius 2 is 1.90 bits per heavy atom. The molecule has 4 nitrogen and oxygen atoms in total. The van der Waals surface area contributed by atoms with Crippen molar-refractivity contribution in [1.82, 2.24) is 9.97 Å². The second-order valence-electron chi connectivity index (χ2n) is 4.06. The van der Waals surface area contributed by atoms with Gasteiger partial charge < -0.3 is 10.5 Å². The van der Waals surface area contributed by atoms with Crippen molar-refractivity contribution in [1.29, 1.82) is 0 Å². The number of anilines is 1. The van der Waals surface area contributed by atoms with Gasteiger partial charge in [0.2, 0.25) is 0 Å². The maximum atomic E-state index is 13.0. The van der Waals surface area contributed by atoms with Gasteiger partial charge in [-0.3, -0.25) is 0 Å². The summed E-state index contributed by atoms with van der Waals surface area (Å²) in [5.41, 5.74) is 5.80. The minimum absolute atomic E-state index is 0.0130. The van der Waals surface area contributed by atoms with Gasteiger partial charge in [-0.25, -0.2) is 18.7 Å². The second kappa shape index (κ2) is 5.01. The highest BCUT2D eigenvalue weighted by Crippen LogP contribution is 2.23. The van der Waals surface area contributed by atoms with Gasteiger partial charge in [0.1, 0.15) is 34.6 Å². The van der Waals surface area contributed by atoms with Gasteiger partial charge in [-0.05, 0) is 11.4 Å². The van der Waals surface area contributed by atoms with Crippen LogP contribution in [0.25, 0.3) is 10.2 Å². The number of hydrogen-bond donors (Lipinski definition) is 1. The smallest absolute Gasteiger partial charge is 0.169 e.